The van der Waals surface area contributed by atoms with Crippen molar-refractivity contribution in [2.45, 2.75) is 90.4 Å². The molecule has 4 N–H and O–H groups in total. The molecule has 0 radical (unpaired) electrons. The van der Waals surface area contributed by atoms with Crippen LogP contribution in [0.1, 0.15) is 55.8 Å². The highest BCUT2D eigenvalue weighted by atomic mass is 32.1. The molecule has 0 saturated carbocycles. The van der Waals surface area contributed by atoms with Crippen LogP contribution in [0.25, 0.3) is 0 Å². The van der Waals surface area contributed by atoms with Crippen molar-refractivity contribution in [3.8, 4) is 5.19 Å². The summed E-state index contributed by atoms with van der Waals surface area (Å²) in [5.41, 5.74) is 4.22. The topological polar surface area (TPSA) is 155 Å². The molecule has 12 nitrogen and oxygen atoms in total. The fourth-order valence-corrected chi connectivity index (χ4v) is 6.63. The van der Waals surface area contributed by atoms with Crippen LogP contribution in [0.2, 0.25) is 0 Å². The molecule has 2 aromatic heterocycles. The van der Waals surface area contributed by atoms with Crippen molar-refractivity contribution in [3.63, 3.8) is 0 Å². The Hall–Kier alpha value is -4.53. The van der Waals surface area contributed by atoms with Gasteiger partial charge in [0, 0.05) is 24.7 Å². The highest BCUT2D eigenvalue weighted by Crippen LogP contribution is 2.21. The molecule has 0 saturated heterocycles. The van der Waals surface area contributed by atoms with Crippen LogP contribution in [0.4, 0.5) is 9.59 Å². The van der Waals surface area contributed by atoms with Crippen molar-refractivity contribution < 1.29 is 29.0 Å². The molecule has 0 unspecified atom stereocenters. The van der Waals surface area contributed by atoms with Crippen molar-refractivity contribution >= 4 is 40.7 Å². The molecular weight excluding hydrogens is 689 g/mol. The third-order valence-electron chi connectivity index (χ3n) is 7.93. The summed E-state index contributed by atoms with van der Waals surface area (Å²) in [5, 5.41) is 22.9. The monoisotopic (exact) mass is 736 g/mol. The number of rotatable bonds is 18. The van der Waals surface area contributed by atoms with Crippen molar-refractivity contribution in [3.05, 3.63) is 99.4 Å². The zero-order valence-electron chi connectivity index (χ0n) is 29.7. The van der Waals surface area contributed by atoms with E-state index < -0.39 is 36.4 Å². The summed E-state index contributed by atoms with van der Waals surface area (Å²) in [6, 6.07) is 16.6. The number of thiazole rings is 2. The van der Waals surface area contributed by atoms with Gasteiger partial charge in [0.15, 0.2) is 0 Å². The third-order valence-corrected chi connectivity index (χ3v) is 9.47. The number of ether oxygens (including phenoxy) is 2. The van der Waals surface area contributed by atoms with E-state index in [-0.39, 0.29) is 37.5 Å². The number of carbonyl (C=O) groups excluding carboxylic acids is 3. The van der Waals surface area contributed by atoms with Gasteiger partial charge in [0.25, 0.3) is 5.19 Å². The Labute approximate surface area is 307 Å². The van der Waals surface area contributed by atoms with Crippen LogP contribution in [0.3, 0.4) is 0 Å². The van der Waals surface area contributed by atoms with E-state index in [1.165, 1.54) is 27.6 Å². The summed E-state index contributed by atoms with van der Waals surface area (Å²) >= 11 is 2.74. The Bertz CT molecular complexity index is 1640. The van der Waals surface area contributed by atoms with Crippen LogP contribution >= 0.6 is 22.7 Å². The maximum Gasteiger partial charge on any atom is 0.407 e. The SMILES string of the molecule is CC(C)Oc1nc(CN(C)C(=O)N[C@H](C(=O)N[C@@H](Cc2ccccc2)C[C@H](O)[C@H](Cc2ccccc2)NC(=O)OCc2cncs2)C(C)C)cs1. The van der Waals surface area contributed by atoms with E-state index in [0.29, 0.717) is 23.7 Å². The van der Waals surface area contributed by atoms with Crippen LogP contribution < -0.4 is 20.7 Å². The first-order valence-corrected chi connectivity index (χ1v) is 18.7. The lowest BCUT2D eigenvalue weighted by molar-refractivity contribution is -0.124. The number of benzene rings is 2. The van der Waals surface area contributed by atoms with Crippen molar-refractivity contribution in [1.29, 1.82) is 0 Å². The average Bonchev–Trinajstić information content (AvgIpc) is 3.78. The molecule has 0 aliphatic carbocycles. The number of hydrogen-bond donors (Lipinski definition) is 4. The first kappa shape index (κ1) is 39.3. The average molecular weight is 737 g/mol. The number of urea groups is 1. The Morgan fingerprint density at radius 2 is 1.57 bits per heavy atom. The van der Waals surface area contributed by atoms with Crippen LogP contribution in [0.5, 0.6) is 5.19 Å². The second-order valence-electron chi connectivity index (χ2n) is 13.0. The zero-order valence-corrected chi connectivity index (χ0v) is 31.3. The molecule has 0 fully saturated rings. The minimum Gasteiger partial charge on any atom is -0.467 e. The smallest absolute Gasteiger partial charge is 0.407 e. The maximum atomic E-state index is 13.9. The van der Waals surface area contributed by atoms with Gasteiger partial charge in [-0.1, -0.05) is 85.8 Å². The summed E-state index contributed by atoms with van der Waals surface area (Å²) in [7, 11) is 1.64. The molecule has 4 amide bonds. The predicted octanol–water partition coefficient (Wildman–Crippen LogP) is 5.57. The van der Waals surface area contributed by atoms with Crippen LogP contribution in [0, 0.1) is 5.92 Å². The van der Waals surface area contributed by atoms with E-state index in [4.69, 9.17) is 9.47 Å². The molecule has 14 heteroatoms. The molecule has 0 spiro atoms. The Balaban J connectivity index is 1.45. The Morgan fingerprint density at radius 1 is 0.902 bits per heavy atom. The molecule has 0 aliphatic rings. The molecule has 2 heterocycles. The highest BCUT2D eigenvalue weighted by Gasteiger charge is 2.31. The number of alkyl carbamates (subject to hydrolysis) is 1. The van der Waals surface area contributed by atoms with Gasteiger partial charge in [-0.2, -0.15) is 0 Å². The van der Waals surface area contributed by atoms with Crippen molar-refractivity contribution in [1.82, 2.24) is 30.8 Å². The lowest BCUT2D eigenvalue weighted by Gasteiger charge is -2.30. The minimum absolute atomic E-state index is 0.0100. The normalized spacial score (nSPS) is 13.6. The molecule has 2 aromatic carbocycles. The van der Waals surface area contributed by atoms with Gasteiger partial charge in [0.1, 0.15) is 12.6 Å². The van der Waals surface area contributed by atoms with Gasteiger partial charge >= 0.3 is 12.1 Å². The zero-order chi connectivity index (χ0) is 36.8. The van der Waals surface area contributed by atoms with E-state index in [9.17, 15) is 19.5 Å². The number of aliphatic hydroxyl groups excluding tert-OH is 1. The quantitative estimate of drug-likeness (QED) is 0.103. The van der Waals surface area contributed by atoms with Gasteiger partial charge in [-0.3, -0.25) is 9.78 Å². The molecule has 4 aromatic rings. The molecule has 274 valence electrons. The van der Waals surface area contributed by atoms with Gasteiger partial charge in [0.2, 0.25) is 5.91 Å². The van der Waals surface area contributed by atoms with Gasteiger partial charge in [-0.15, -0.1) is 11.3 Å². The second kappa shape index (κ2) is 19.8. The number of aromatic nitrogens is 2. The number of carbonyl (C=O) groups is 3. The molecular formula is C37H48N6O6S2. The number of nitrogens with zero attached hydrogens (tertiary/aromatic N) is 3. The predicted molar refractivity (Wildman–Crippen MR) is 199 cm³/mol. The fraction of sp³-hybridized carbons (Fsp3) is 0.432. The van der Waals surface area contributed by atoms with Crippen LogP contribution in [-0.4, -0.2) is 75.4 Å². The Morgan fingerprint density at radius 3 is 2.18 bits per heavy atom. The van der Waals surface area contributed by atoms with E-state index in [2.05, 4.69) is 25.9 Å². The summed E-state index contributed by atoms with van der Waals surface area (Å²) in [5.74, 6) is -0.617. The van der Waals surface area contributed by atoms with E-state index in [0.717, 1.165) is 16.0 Å². The summed E-state index contributed by atoms with van der Waals surface area (Å²) in [4.78, 5) is 50.8. The number of amides is 4. The van der Waals surface area contributed by atoms with Gasteiger partial charge in [-0.25, -0.2) is 14.6 Å². The van der Waals surface area contributed by atoms with Crippen molar-refractivity contribution in [2.24, 2.45) is 5.92 Å². The maximum absolute atomic E-state index is 13.9. The second-order valence-corrected chi connectivity index (χ2v) is 14.8. The Kier molecular flexibility index (Phi) is 15.2. The lowest BCUT2D eigenvalue weighted by Crippen LogP contribution is -2.55. The minimum atomic E-state index is -1.06. The van der Waals surface area contributed by atoms with E-state index in [1.807, 2.05) is 93.7 Å². The van der Waals surface area contributed by atoms with Crippen LogP contribution in [0.15, 0.2) is 77.8 Å². The lowest BCUT2D eigenvalue weighted by atomic mass is 9.93. The first-order chi connectivity index (χ1) is 24.5. The molecule has 0 aliphatic heterocycles. The number of nitrogens with one attached hydrogen (secondary N) is 3. The molecule has 4 rings (SSSR count). The van der Waals surface area contributed by atoms with E-state index in [1.54, 1.807) is 18.8 Å². The van der Waals surface area contributed by atoms with Crippen LogP contribution in [-0.2, 0) is 35.5 Å². The van der Waals surface area contributed by atoms with Gasteiger partial charge in [0.05, 0.1) is 40.9 Å². The summed E-state index contributed by atoms with van der Waals surface area (Å²) < 4.78 is 11.1. The highest BCUT2D eigenvalue weighted by molar-refractivity contribution is 7.11. The van der Waals surface area contributed by atoms with Crippen molar-refractivity contribution in [2.75, 3.05) is 7.05 Å². The first-order valence-electron chi connectivity index (χ1n) is 17.0. The largest absolute Gasteiger partial charge is 0.467 e. The summed E-state index contributed by atoms with van der Waals surface area (Å²) in [6.45, 7) is 7.86. The summed E-state index contributed by atoms with van der Waals surface area (Å²) in [6.07, 6.45) is 0.776. The number of aliphatic hydroxyl groups is 1. The molecule has 0 bridgehead atoms. The fourth-order valence-electron chi connectivity index (χ4n) is 5.34. The molecule has 4 atom stereocenters. The van der Waals surface area contributed by atoms with Gasteiger partial charge < -0.3 is 35.4 Å². The molecule has 51 heavy (non-hydrogen) atoms. The third kappa shape index (κ3) is 13.3. The van der Waals surface area contributed by atoms with E-state index >= 15 is 0 Å². The number of hydrogen-bond acceptors (Lipinski definition) is 10. The van der Waals surface area contributed by atoms with Gasteiger partial charge in [-0.05, 0) is 50.2 Å². The standard InChI is InChI=1S/C37H48N6O6S2/c1-24(2)33(42-35(46)43(5)20-29-22-50-37(40-29)49-25(3)4)34(45)39-28(16-26-12-8-6-9-13-26)18-32(44)31(17-27-14-10-7-11-15-27)41-36(47)48-21-30-19-38-23-51-30/h6-15,19,22-25,28,31-33,44H,16-18,20-21H2,1-5H3,(H,39,45)(H,41,47)(H,42,46)/t28-,31-,32-,33-/m0/s1.